The molecular weight excluding hydrogens is 202 g/mol. The van der Waals surface area contributed by atoms with Crippen LogP contribution >= 0.6 is 0 Å². The highest BCUT2D eigenvalue weighted by molar-refractivity contribution is 5.50. The van der Waals surface area contributed by atoms with Crippen LogP contribution < -0.4 is 0 Å². The molecule has 0 amide bonds. The third kappa shape index (κ3) is 2.34. The van der Waals surface area contributed by atoms with Gasteiger partial charge in [0, 0.05) is 6.42 Å². The highest BCUT2D eigenvalue weighted by atomic mass is 16.1. The highest BCUT2D eigenvalue weighted by Crippen LogP contribution is 2.10. The Kier molecular flexibility index (Phi) is 3.10. The molecule has 1 aromatic carbocycles. The molecule has 0 atom stereocenters. The van der Waals surface area contributed by atoms with E-state index in [0.29, 0.717) is 6.42 Å². The van der Waals surface area contributed by atoms with E-state index in [0.717, 1.165) is 29.7 Å². The molecule has 0 radical (unpaired) electrons. The smallest absolute Gasteiger partial charge is 0.120 e. The minimum absolute atomic E-state index is 0.551. The summed E-state index contributed by atoms with van der Waals surface area (Å²) < 4.78 is 0. The largest absolute Gasteiger partial charge is 0.303 e. The van der Waals surface area contributed by atoms with Crippen LogP contribution in [0.25, 0.3) is 5.69 Å². The normalized spacial score (nSPS) is 10.3. The van der Waals surface area contributed by atoms with Crippen molar-refractivity contribution in [3.8, 4) is 5.69 Å². The first-order valence-electron chi connectivity index (χ1n) is 5.21. The Morgan fingerprint density at radius 3 is 3.00 bits per heavy atom. The van der Waals surface area contributed by atoms with Crippen molar-refractivity contribution >= 4 is 6.29 Å². The van der Waals surface area contributed by atoms with E-state index in [2.05, 4.69) is 10.2 Å². The quantitative estimate of drug-likeness (QED) is 0.729. The summed E-state index contributed by atoms with van der Waals surface area (Å²) in [7, 11) is 0. The molecule has 0 N–H and O–H groups in total. The third-order valence-corrected chi connectivity index (χ3v) is 2.30. The monoisotopic (exact) mass is 215 g/mol. The fourth-order valence-electron chi connectivity index (χ4n) is 1.53. The molecule has 0 aliphatic heterocycles. The van der Waals surface area contributed by atoms with Crippen LogP contribution in [0.4, 0.5) is 0 Å². The summed E-state index contributed by atoms with van der Waals surface area (Å²) in [5.74, 6) is 0. The van der Waals surface area contributed by atoms with Crippen LogP contribution in [0, 0.1) is 6.92 Å². The van der Waals surface area contributed by atoms with Crippen molar-refractivity contribution in [3.05, 3.63) is 41.7 Å². The fourth-order valence-corrected chi connectivity index (χ4v) is 1.53. The maximum Gasteiger partial charge on any atom is 0.120 e. The molecular formula is C12H13N3O. The third-order valence-electron chi connectivity index (χ3n) is 2.30. The minimum Gasteiger partial charge on any atom is -0.303 e. The summed E-state index contributed by atoms with van der Waals surface area (Å²) in [4.78, 5) is 11.9. The first-order chi connectivity index (χ1) is 7.79. The summed E-state index contributed by atoms with van der Waals surface area (Å²) in [6.45, 7) is 1.90. The number of aryl methyl sites for hydroxylation is 2. The molecule has 4 nitrogen and oxygen atoms in total. The molecule has 0 bridgehead atoms. The van der Waals surface area contributed by atoms with Crippen LogP contribution in [0.15, 0.2) is 30.5 Å². The van der Waals surface area contributed by atoms with Gasteiger partial charge in [-0.2, -0.15) is 15.0 Å². The molecule has 4 heteroatoms. The van der Waals surface area contributed by atoms with Gasteiger partial charge in [0.05, 0.1) is 17.6 Å². The zero-order chi connectivity index (χ0) is 11.4. The molecule has 0 saturated heterocycles. The zero-order valence-electron chi connectivity index (χ0n) is 9.13. The maximum atomic E-state index is 10.3. The molecule has 0 aliphatic carbocycles. The number of carbonyl (C=O) groups excluding carboxylic acids is 1. The van der Waals surface area contributed by atoms with E-state index >= 15 is 0 Å². The average Bonchev–Trinajstić information content (AvgIpc) is 2.74. The van der Waals surface area contributed by atoms with Gasteiger partial charge in [-0.1, -0.05) is 12.1 Å². The molecule has 0 spiro atoms. The van der Waals surface area contributed by atoms with Crippen molar-refractivity contribution < 1.29 is 4.79 Å². The van der Waals surface area contributed by atoms with E-state index in [1.165, 1.54) is 0 Å². The molecule has 82 valence electrons. The van der Waals surface area contributed by atoms with Crippen LogP contribution in [0.2, 0.25) is 0 Å². The SMILES string of the molecule is Cc1cnn(-c2cccc(CCC=O)c2)n1. The van der Waals surface area contributed by atoms with Crippen LogP contribution in [0.3, 0.4) is 0 Å². The number of rotatable bonds is 4. The predicted octanol–water partition coefficient (Wildman–Crippen LogP) is 1.71. The van der Waals surface area contributed by atoms with Gasteiger partial charge in [-0.15, -0.1) is 0 Å². The van der Waals surface area contributed by atoms with E-state index in [9.17, 15) is 4.79 Å². The van der Waals surface area contributed by atoms with Gasteiger partial charge in [0.1, 0.15) is 6.29 Å². The van der Waals surface area contributed by atoms with Crippen molar-refractivity contribution in [1.29, 1.82) is 0 Å². The van der Waals surface area contributed by atoms with Gasteiger partial charge >= 0.3 is 0 Å². The van der Waals surface area contributed by atoms with Crippen LogP contribution in [0.1, 0.15) is 17.7 Å². The van der Waals surface area contributed by atoms with E-state index in [-0.39, 0.29) is 0 Å². The lowest BCUT2D eigenvalue weighted by Crippen LogP contribution is -1.99. The fraction of sp³-hybridized carbons (Fsp3) is 0.250. The highest BCUT2D eigenvalue weighted by Gasteiger charge is 2.00. The Labute approximate surface area is 93.9 Å². The number of aldehydes is 1. The second-order valence-corrected chi connectivity index (χ2v) is 3.65. The second-order valence-electron chi connectivity index (χ2n) is 3.65. The lowest BCUT2D eigenvalue weighted by molar-refractivity contribution is -0.107. The Bertz CT molecular complexity index is 491. The van der Waals surface area contributed by atoms with Crippen molar-refractivity contribution in [2.75, 3.05) is 0 Å². The molecule has 0 aliphatic rings. The van der Waals surface area contributed by atoms with Crippen LogP contribution in [0.5, 0.6) is 0 Å². The zero-order valence-corrected chi connectivity index (χ0v) is 9.13. The lowest BCUT2D eigenvalue weighted by Gasteiger charge is -2.02. The van der Waals surface area contributed by atoms with E-state index in [4.69, 9.17) is 0 Å². The van der Waals surface area contributed by atoms with Crippen molar-refractivity contribution in [2.45, 2.75) is 19.8 Å². The molecule has 1 aromatic heterocycles. The number of benzene rings is 1. The van der Waals surface area contributed by atoms with E-state index in [1.54, 1.807) is 11.0 Å². The van der Waals surface area contributed by atoms with E-state index < -0.39 is 0 Å². The number of hydrogen-bond acceptors (Lipinski definition) is 3. The minimum atomic E-state index is 0.551. The van der Waals surface area contributed by atoms with Gasteiger partial charge in [0.15, 0.2) is 0 Å². The Morgan fingerprint density at radius 2 is 2.31 bits per heavy atom. The van der Waals surface area contributed by atoms with Gasteiger partial charge in [-0.3, -0.25) is 0 Å². The lowest BCUT2D eigenvalue weighted by atomic mass is 10.1. The molecule has 0 fully saturated rings. The standard InChI is InChI=1S/C12H13N3O/c1-10-9-13-15(14-10)12-6-2-4-11(8-12)5-3-7-16/h2,4,6-9H,3,5H2,1H3. The number of carbonyl (C=O) groups is 1. The average molecular weight is 215 g/mol. The molecule has 2 rings (SSSR count). The molecule has 16 heavy (non-hydrogen) atoms. The predicted molar refractivity (Wildman–Crippen MR) is 60.5 cm³/mol. The molecule has 0 unspecified atom stereocenters. The summed E-state index contributed by atoms with van der Waals surface area (Å²) in [5, 5.41) is 8.38. The van der Waals surface area contributed by atoms with E-state index in [1.807, 2.05) is 31.2 Å². The molecule has 2 aromatic rings. The number of nitrogens with zero attached hydrogens (tertiary/aromatic N) is 3. The Hall–Kier alpha value is -1.97. The van der Waals surface area contributed by atoms with Gasteiger partial charge in [-0.25, -0.2) is 0 Å². The molecule has 1 heterocycles. The summed E-state index contributed by atoms with van der Waals surface area (Å²) in [6, 6.07) is 7.91. The van der Waals surface area contributed by atoms with Gasteiger partial charge in [-0.05, 0) is 31.0 Å². The topological polar surface area (TPSA) is 47.8 Å². The van der Waals surface area contributed by atoms with Gasteiger partial charge in [0.2, 0.25) is 0 Å². The first-order valence-corrected chi connectivity index (χ1v) is 5.21. The number of aromatic nitrogens is 3. The number of hydrogen-bond donors (Lipinski definition) is 0. The van der Waals surface area contributed by atoms with Crippen molar-refractivity contribution in [1.82, 2.24) is 15.0 Å². The van der Waals surface area contributed by atoms with Crippen molar-refractivity contribution in [3.63, 3.8) is 0 Å². The Morgan fingerprint density at radius 1 is 1.44 bits per heavy atom. The van der Waals surface area contributed by atoms with Crippen LogP contribution in [-0.2, 0) is 11.2 Å². The first kappa shape index (κ1) is 10.5. The summed E-state index contributed by atoms with van der Waals surface area (Å²) >= 11 is 0. The Balaban J connectivity index is 2.25. The van der Waals surface area contributed by atoms with Gasteiger partial charge in [0.25, 0.3) is 0 Å². The van der Waals surface area contributed by atoms with Gasteiger partial charge < -0.3 is 4.79 Å². The van der Waals surface area contributed by atoms with Crippen molar-refractivity contribution in [2.24, 2.45) is 0 Å². The maximum absolute atomic E-state index is 10.3. The second kappa shape index (κ2) is 4.70. The summed E-state index contributed by atoms with van der Waals surface area (Å²) in [6.07, 6.45) is 3.97. The van der Waals surface area contributed by atoms with Crippen LogP contribution in [-0.4, -0.2) is 21.3 Å². The molecule has 0 saturated carbocycles. The summed E-state index contributed by atoms with van der Waals surface area (Å²) in [5.41, 5.74) is 2.94.